The molecule has 0 atom stereocenters. The first-order chi connectivity index (χ1) is 15.2. The molecule has 2 N–H and O–H groups in total. The first kappa shape index (κ1) is 19.6. The quantitative estimate of drug-likeness (QED) is 0.506. The van der Waals surface area contributed by atoms with Gasteiger partial charge in [-0.05, 0) is 23.8 Å². The van der Waals surface area contributed by atoms with Crippen LogP contribution in [0.4, 0.5) is 8.78 Å². The highest BCUT2D eigenvalue weighted by Gasteiger charge is 2.14. The third-order valence-corrected chi connectivity index (χ3v) is 5.38. The Balaban J connectivity index is 1.40. The lowest BCUT2D eigenvalue weighted by Gasteiger charge is -2.26. The number of H-pyrrole nitrogens is 2. The number of hydrogen-bond donors (Lipinski definition) is 2. The molecule has 0 spiro atoms. The maximum Gasteiger partial charge on any atom is 0.166 e. The van der Waals surface area contributed by atoms with Gasteiger partial charge in [-0.25, -0.2) is 13.8 Å². The van der Waals surface area contributed by atoms with E-state index in [1.165, 1.54) is 23.8 Å². The van der Waals surface area contributed by atoms with Crippen molar-refractivity contribution in [1.82, 2.24) is 25.1 Å². The van der Waals surface area contributed by atoms with Gasteiger partial charge in [0.2, 0.25) is 0 Å². The minimum atomic E-state index is -0.875. The van der Waals surface area contributed by atoms with Crippen LogP contribution in [0.5, 0.6) is 0 Å². The molecule has 1 fully saturated rings. The predicted octanol–water partition coefficient (Wildman–Crippen LogP) is 4.23. The van der Waals surface area contributed by atoms with E-state index in [0.717, 1.165) is 55.5 Å². The van der Waals surface area contributed by atoms with Crippen LogP contribution in [0.1, 0.15) is 16.7 Å². The third kappa shape index (κ3) is 4.12. The van der Waals surface area contributed by atoms with Crippen LogP contribution < -0.4 is 0 Å². The molecule has 5 rings (SSSR count). The van der Waals surface area contributed by atoms with Crippen molar-refractivity contribution in [1.29, 1.82) is 0 Å². The van der Waals surface area contributed by atoms with E-state index in [-0.39, 0.29) is 5.56 Å². The largest absolute Gasteiger partial charge is 0.379 e. The van der Waals surface area contributed by atoms with Crippen LogP contribution in [0.3, 0.4) is 0 Å². The molecule has 1 aliphatic rings. The minimum absolute atomic E-state index is 0.171. The Morgan fingerprint density at radius 2 is 1.90 bits per heavy atom. The molecule has 0 aliphatic carbocycles. The maximum atomic E-state index is 13.9. The van der Waals surface area contributed by atoms with Gasteiger partial charge in [-0.15, -0.1) is 0 Å². The van der Waals surface area contributed by atoms with Gasteiger partial charge in [0.05, 0.1) is 24.2 Å². The maximum absolute atomic E-state index is 13.9. The monoisotopic (exact) mass is 421 g/mol. The second-order valence-electron chi connectivity index (χ2n) is 7.49. The van der Waals surface area contributed by atoms with Crippen LogP contribution >= 0.6 is 0 Å². The highest BCUT2D eigenvalue weighted by molar-refractivity contribution is 5.82. The summed E-state index contributed by atoms with van der Waals surface area (Å²) in [6.07, 6.45) is 4.91. The van der Waals surface area contributed by atoms with Gasteiger partial charge in [0.15, 0.2) is 17.5 Å². The standard InChI is InChI=1S/C23H21F2N5O/c24-18-3-1-2-16(21(18)25)5-6-17-13-26-29-22(17)23-27-19-7-4-15(12-20(19)28-23)14-30-8-10-31-11-9-30/h1-7,12-13H,8-11,14H2,(H,26,29)(H,27,28). The molecule has 0 amide bonds. The molecule has 8 heteroatoms. The van der Waals surface area contributed by atoms with E-state index in [4.69, 9.17) is 9.72 Å². The molecule has 0 bridgehead atoms. The van der Waals surface area contributed by atoms with Crippen LogP contribution in [0.2, 0.25) is 0 Å². The van der Waals surface area contributed by atoms with Gasteiger partial charge >= 0.3 is 0 Å². The first-order valence-corrected chi connectivity index (χ1v) is 10.1. The molecule has 0 saturated carbocycles. The zero-order valence-corrected chi connectivity index (χ0v) is 16.7. The van der Waals surface area contributed by atoms with Gasteiger partial charge in [-0.1, -0.05) is 30.4 Å². The van der Waals surface area contributed by atoms with Gasteiger partial charge in [-0.3, -0.25) is 10.00 Å². The Bertz CT molecular complexity index is 1240. The summed E-state index contributed by atoms with van der Waals surface area (Å²) >= 11 is 0. The number of nitrogens with zero attached hydrogens (tertiary/aromatic N) is 3. The van der Waals surface area contributed by atoms with Crippen LogP contribution in [-0.4, -0.2) is 51.4 Å². The fourth-order valence-corrected chi connectivity index (χ4v) is 3.72. The Hall–Kier alpha value is -3.36. The van der Waals surface area contributed by atoms with Crippen LogP contribution in [-0.2, 0) is 11.3 Å². The number of imidazole rings is 1. The van der Waals surface area contributed by atoms with E-state index < -0.39 is 11.6 Å². The number of morpholine rings is 1. The lowest BCUT2D eigenvalue weighted by atomic mass is 10.1. The van der Waals surface area contributed by atoms with Crippen molar-refractivity contribution in [2.45, 2.75) is 6.54 Å². The molecule has 3 heterocycles. The third-order valence-electron chi connectivity index (χ3n) is 5.38. The Morgan fingerprint density at radius 3 is 2.77 bits per heavy atom. The molecular weight excluding hydrogens is 400 g/mol. The summed E-state index contributed by atoms with van der Waals surface area (Å²) in [5, 5.41) is 7.11. The van der Waals surface area contributed by atoms with Crippen molar-refractivity contribution in [3.63, 3.8) is 0 Å². The number of rotatable bonds is 5. The van der Waals surface area contributed by atoms with Crippen molar-refractivity contribution >= 4 is 23.2 Å². The summed E-state index contributed by atoms with van der Waals surface area (Å²) < 4.78 is 32.8. The van der Waals surface area contributed by atoms with E-state index in [0.29, 0.717) is 11.5 Å². The van der Waals surface area contributed by atoms with Crippen molar-refractivity contribution < 1.29 is 13.5 Å². The molecule has 0 unspecified atom stereocenters. The Morgan fingerprint density at radius 1 is 1.06 bits per heavy atom. The Kier molecular flexibility index (Phi) is 5.31. The van der Waals surface area contributed by atoms with Crippen molar-refractivity contribution in [2.75, 3.05) is 26.3 Å². The van der Waals surface area contributed by atoms with Crippen LogP contribution in [0, 0.1) is 11.6 Å². The predicted molar refractivity (Wildman–Crippen MR) is 115 cm³/mol. The normalized spacial score (nSPS) is 15.3. The molecule has 2 aromatic carbocycles. The number of nitrogens with one attached hydrogen (secondary N) is 2. The smallest absolute Gasteiger partial charge is 0.166 e. The fraction of sp³-hybridized carbons (Fsp3) is 0.217. The molecule has 1 aliphatic heterocycles. The van der Waals surface area contributed by atoms with Gasteiger partial charge in [0.25, 0.3) is 0 Å². The summed E-state index contributed by atoms with van der Waals surface area (Å²) in [4.78, 5) is 10.4. The lowest BCUT2D eigenvalue weighted by Crippen LogP contribution is -2.35. The molecule has 158 valence electrons. The average molecular weight is 421 g/mol. The second-order valence-corrected chi connectivity index (χ2v) is 7.49. The van der Waals surface area contributed by atoms with Crippen molar-refractivity contribution in [2.24, 2.45) is 0 Å². The molecule has 0 radical (unpaired) electrons. The summed E-state index contributed by atoms with van der Waals surface area (Å²) in [6.45, 7) is 4.25. The van der Waals surface area contributed by atoms with E-state index in [1.54, 1.807) is 12.3 Å². The molecular formula is C23H21F2N5O. The number of benzene rings is 2. The molecule has 2 aromatic heterocycles. The zero-order chi connectivity index (χ0) is 21.2. The van der Waals surface area contributed by atoms with E-state index >= 15 is 0 Å². The van der Waals surface area contributed by atoms with Gasteiger partial charge in [0, 0.05) is 37.0 Å². The highest BCUT2D eigenvalue weighted by atomic mass is 19.2. The van der Waals surface area contributed by atoms with E-state index in [2.05, 4.69) is 32.2 Å². The minimum Gasteiger partial charge on any atom is -0.379 e. The topological polar surface area (TPSA) is 69.8 Å². The zero-order valence-electron chi connectivity index (χ0n) is 16.7. The average Bonchev–Trinajstić information content (AvgIpc) is 3.41. The van der Waals surface area contributed by atoms with Crippen LogP contribution in [0.25, 0.3) is 34.7 Å². The number of aromatic amines is 2. The second kappa shape index (κ2) is 8.41. The van der Waals surface area contributed by atoms with Crippen LogP contribution in [0.15, 0.2) is 42.6 Å². The van der Waals surface area contributed by atoms with Crippen molar-refractivity contribution in [3.8, 4) is 11.5 Å². The highest BCUT2D eigenvalue weighted by Crippen LogP contribution is 2.25. The fourth-order valence-electron chi connectivity index (χ4n) is 3.72. The van der Waals surface area contributed by atoms with Gasteiger partial charge in [-0.2, -0.15) is 5.10 Å². The lowest BCUT2D eigenvalue weighted by molar-refractivity contribution is 0.0342. The number of fused-ring (bicyclic) bond motifs is 1. The van der Waals surface area contributed by atoms with E-state index in [9.17, 15) is 8.78 Å². The number of halogens is 2. The molecule has 1 saturated heterocycles. The summed E-state index contributed by atoms with van der Waals surface area (Å²) in [5.41, 5.74) is 4.46. The number of aromatic nitrogens is 4. The molecule has 4 aromatic rings. The SMILES string of the molecule is Fc1cccc(C=Cc2c[nH]nc2-c2nc3cc(CN4CCOCC4)ccc3[nH]2)c1F. The summed E-state index contributed by atoms with van der Waals surface area (Å²) in [5.74, 6) is -1.14. The first-order valence-electron chi connectivity index (χ1n) is 10.1. The van der Waals surface area contributed by atoms with E-state index in [1.807, 2.05) is 6.07 Å². The van der Waals surface area contributed by atoms with Crippen molar-refractivity contribution in [3.05, 3.63) is 70.9 Å². The van der Waals surface area contributed by atoms with Gasteiger partial charge in [0.1, 0.15) is 5.69 Å². The molecule has 31 heavy (non-hydrogen) atoms. The molecule has 6 nitrogen and oxygen atoms in total. The van der Waals surface area contributed by atoms with Gasteiger partial charge < -0.3 is 9.72 Å². The Labute approximate surface area is 177 Å². The number of hydrogen-bond acceptors (Lipinski definition) is 4. The summed E-state index contributed by atoms with van der Waals surface area (Å²) in [7, 11) is 0. The number of ether oxygens (including phenoxy) is 1. The summed E-state index contributed by atoms with van der Waals surface area (Å²) in [6, 6.07) is 10.3.